The molecule has 18 heavy (non-hydrogen) atoms. The van der Waals surface area contributed by atoms with Crippen LogP contribution in [0, 0.1) is 11.8 Å². The van der Waals surface area contributed by atoms with Gasteiger partial charge in [-0.05, 0) is 24.5 Å². The average molecular weight is 246 g/mol. The molecule has 1 aromatic rings. The quantitative estimate of drug-likeness (QED) is 0.869. The van der Waals surface area contributed by atoms with Gasteiger partial charge in [-0.3, -0.25) is 4.79 Å². The molecule has 1 aliphatic heterocycles. The number of carbonyl (C=O) groups excluding carboxylic acids is 1. The van der Waals surface area contributed by atoms with Crippen molar-refractivity contribution < 1.29 is 4.79 Å². The summed E-state index contributed by atoms with van der Waals surface area (Å²) in [6, 6.07) is 8.07. The van der Waals surface area contributed by atoms with Crippen LogP contribution in [0.2, 0.25) is 0 Å². The number of benzene rings is 1. The topological polar surface area (TPSA) is 32.3 Å². The van der Waals surface area contributed by atoms with Crippen molar-refractivity contribution in [3.63, 3.8) is 0 Å². The third-order valence-corrected chi connectivity index (χ3v) is 3.72. The second kappa shape index (κ2) is 5.42. The molecular formula is C15H22N2O. The van der Waals surface area contributed by atoms with Crippen molar-refractivity contribution >= 4 is 17.3 Å². The zero-order valence-electron chi connectivity index (χ0n) is 11.4. The van der Waals surface area contributed by atoms with Gasteiger partial charge in [-0.25, -0.2) is 0 Å². The highest BCUT2D eigenvalue weighted by molar-refractivity contribution is 5.98. The Bertz CT molecular complexity index is 428. The lowest BCUT2D eigenvalue weighted by atomic mass is 9.96. The molecule has 1 heterocycles. The minimum atomic E-state index is 0.0659. The molecule has 1 amide bonds. The average Bonchev–Trinajstić information content (AvgIpc) is 2.59. The van der Waals surface area contributed by atoms with Crippen molar-refractivity contribution in [2.75, 3.05) is 23.3 Å². The van der Waals surface area contributed by atoms with Gasteiger partial charge in [0.05, 0.1) is 11.4 Å². The molecular weight excluding hydrogens is 224 g/mol. The van der Waals surface area contributed by atoms with Crippen molar-refractivity contribution in [2.45, 2.75) is 27.2 Å². The highest BCUT2D eigenvalue weighted by atomic mass is 16.2. The van der Waals surface area contributed by atoms with Gasteiger partial charge in [0.25, 0.3) is 0 Å². The van der Waals surface area contributed by atoms with Crippen LogP contribution in [-0.4, -0.2) is 19.0 Å². The van der Waals surface area contributed by atoms with E-state index in [1.165, 1.54) is 0 Å². The Morgan fingerprint density at radius 2 is 2.00 bits per heavy atom. The number of rotatable bonds is 2. The van der Waals surface area contributed by atoms with Gasteiger partial charge in [0.1, 0.15) is 0 Å². The third kappa shape index (κ3) is 2.50. The molecule has 0 spiro atoms. The van der Waals surface area contributed by atoms with E-state index in [9.17, 15) is 4.79 Å². The fourth-order valence-electron chi connectivity index (χ4n) is 2.20. The van der Waals surface area contributed by atoms with Crippen molar-refractivity contribution in [1.82, 2.24) is 0 Å². The van der Waals surface area contributed by atoms with Crippen LogP contribution in [0.3, 0.4) is 0 Å². The van der Waals surface area contributed by atoms with Crippen LogP contribution < -0.4 is 10.2 Å². The molecule has 0 bridgehead atoms. The lowest BCUT2D eigenvalue weighted by molar-refractivity contribution is -0.123. The summed E-state index contributed by atoms with van der Waals surface area (Å²) in [5, 5.41) is 3.38. The minimum absolute atomic E-state index is 0.0659. The first kappa shape index (κ1) is 12.9. The summed E-state index contributed by atoms with van der Waals surface area (Å²) in [5.41, 5.74) is 2.09. The van der Waals surface area contributed by atoms with Crippen molar-refractivity contribution in [1.29, 1.82) is 0 Å². The van der Waals surface area contributed by atoms with E-state index in [4.69, 9.17) is 0 Å². The number of anilines is 2. The molecule has 1 aliphatic rings. The molecule has 1 atom stereocenters. The molecule has 0 saturated carbocycles. The fourth-order valence-corrected chi connectivity index (χ4v) is 2.20. The number of para-hydroxylation sites is 2. The van der Waals surface area contributed by atoms with Gasteiger partial charge in [0.2, 0.25) is 5.91 Å². The van der Waals surface area contributed by atoms with Crippen LogP contribution in [0.25, 0.3) is 0 Å². The smallest absolute Gasteiger partial charge is 0.230 e. The van der Waals surface area contributed by atoms with Crippen molar-refractivity contribution in [3.05, 3.63) is 24.3 Å². The number of carbonyl (C=O) groups is 1. The molecule has 1 N–H and O–H groups in total. The largest absolute Gasteiger partial charge is 0.383 e. The molecule has 0 fully saturated rings. The summed E-state index contributed by atoms with van der Waals surface area (Å²) in [7, 11) is 0. The minimum Gasteiger partial charge on any atom is -0.383 e. The zero-order chi connectivity index (χ0) is 13.1. The summed E-state index contributed by atoms with van der Waals surface area (Å²) < 4.78 is 0. The zero-order valence-corrected chi connectivity index (χ0v) is 11.4. The third-order valence-electron chi connectivity index (χ3n) is 3.72. The summed E-state index contributed by atoms with van der Waals surface area (Å²) in [6.45, 7) is 7.96. The Morgan fingerprint density at radius 3 is 2.72 bits per heavy atom. The van der Waals surface area contributed by atoms with Crippen LogP contribution in [0.1, 0.15) is 27.2 Å². The summed E-state index contributed by atoms with van der Waals surface area (Å²) >= 11 is 0. The molecule has 0 aliphatic carbocycles. The maximum atomic E-state index is 12.6. The molecule has 0 aromatic heterocycles. The van der Waals surface area contributed by atoms with Crippen molar-refractivity contribution in [3.8, 4) is 0 Å². The van der Waals surface area contributed by atoms with Gasteiger partial charge in [-0.1, -0.05) is 32.9 Å². The first-order chi connectivity index (χ1) is 8.61. The number of fused-ring (bicyclic) bond motifs is 1. The first-order valence-electron chi connectivity index (χ1n) is 6.75. The van der Waals surface area contributed by atoms with E-state index in [-0.39, 0.29) is 11.8 Å². The lowest BCUT2D eigenvalue weighted by Crippen LogP contribution is -2.37. The van der Waals surface area contributed by atoms with Crippen molar-refractivity contribution in [2.24, 2.45) is 11.8 Å². The molecule has 3 heteroatoms. The van der Waals surface area contributed by atoms with Gasteiger partial charge < -0.3 is 10.2 Å². The standard InChI is InChI=1S/C15H22N2O/c1-11(2)12(3)15(18)17-10-6-9-16-13-7-4-5-8-14(13)17/h4-5,7-8,11-12,16H,6,9-10H2,1-3H3. The fraction of sp³-hybridized carbons (Fsp3) is 0.533. The Kier molecular flexibility index (Phi) is 3.90. The van der Waals surface area contributed by atoms with E-state index in [2.05, 4.69) is 19.2 Å². The molecule has 1 unspecified atom stereocenters. The highest BCUT2D eigenvalue weighted by Gasteiger charge is 2.26. The number of amides is 1. The van der Waals surface area contributed by atoms with E-state index in [1.807, 2.05) is 36.1 Å². The van der Waals surface area contributed by atoms with E-state index in [0.717, 1.165) is 30.9 Å². The molecule has 3 nitrogen and oxygen atoms in total. The number of hydrogen-bond acceptors (Lipinski definition) is 2. The summed E-state index contributed by atoms with van der Waals surface area (Å²) in [4.78, 5) is 14.5. The van der Waals surface area contributed by atoms with Gasteiger partial charge in [0, 0.05) is 19.0 Å². The molecule has 2 rings (SSSR count). The molecule has 0 saturated heterocycles. The van der Waals surface area contributed by atoms with Gasteiger partial charge in [0.15, 0.2) is 0 Å². The Morgan fingerprint density at radius 1 is 1.28 bits per heavy atom. The van der Waals surface area contributed by atoms with Crippen LogP contribution in [-0.2, 0) is 4.79 Å². The summed E-state index contributed by atoms with van der Waals surface area (Å²) in [6.07, 6.45) is 0.991. The van der Waals surface area contributed by atoms with E-state index in [1.54, 1.807) is 0 Å². The highest BCUT2D eigenvalue weighted by Crippen LogP contribution is 2.30. The normalized spacial score (nSPS) is 16.8. The Labute approximate surface area is 109 Å². The maximum Gasteiger partial charge on any atom is 0.230 e. The second-order valence-electron chi connectivity index (χ2n) is 5.32. The monoisotopic (exact) mass is 246 g/mol. The molecule has 1 aromatic carbocycles. The lowest BCUT2D eigenvalue weighted by Gasteiger charge is -2.27. The van der Waals surface area contributed by atoms with Crippen LogP contribution in [0.15, 0.2) is 24.3 Å². The molecule has 0 radical (unpaired) electrons. The predicted octanol–water partition coefficient (Wildman–Crippen LogP) is 3.13. The van der Waals surface area contributed by atoms with Crippen LogP contribution in [0.5, 0.6) is 0 Å². The SMILES string of the molecule is CC(C)C(C)C(=O)N1CCCNc2ccccc21. The van der Waals surface area contributed by atoms with E-state index in [0.29, 0.717) is 5.92 Å². The Balaban J connectivity index is 2.30. The second-order valence-corrected chi connectivity index (χ2v) is 5.32. The van der Waals surface area contributed by atoms with Crippen LogP contribution >= 0.6 is 0 Å². The number of nitrogens with one attached hydrogen (secondary N) is 1. The predicted molar refractivity (Wildman–Crippen MR) is 75.9 cm³/mol. The first-order valence-corrected chi connectivity index (χ1v) is 6.75. The summed E-state index contributed by atoms with van der Waals surface area (Å²) in [5.74, 6) is 0.679. The molecule has 98 valence electrons. The maximum absolute atomic E-state index is 12.6. The number of nitrogens with zero attached hydrogens (tertiary/aromatic N) is 1. The van der Waals surface area contributed by atoms with Gasteiger partial charge in [-0.15, -0.1) is 0 Å². The Hall–Kier alpha value is -1.51. The van der Waals surface area contributed by atoms with E-state index < -0.39 is 0 Å². The van der Waals surface area contributed by atoms with Gasteiger partial charge in [-0.2, -0.15) is 0 Å². The van der Waals surface area contributed by atoms with E-state index >= 15 is 0 Å². The van der Waals surface area contributed by atoms with Gasteiger partial charge >= 0.3 is 0 Å². The number of hydrogen-bond donors (Lipinski definition) is 1. The van der Waals surface area contributed by atoms with Crippen LogP contribution in [0.4, 0.5) is 11.4 Å².